The van der Waals surface area contributed by atoms with Crippen molar-refractivity contribution in [3.05, 3.63) is 41.3 Å². The number of nitrogens with one attached hydrogen (secondary N) is 2. The fourth-order valence-electron chi connectivity index (χ4n) is 2.08. The first-order valence-electron chi connectivity index (χ1n) is 7.07. The van der Waals surface area contributed by atoms with Gasteiger partial charge in [0.1, 0.15) is 5.76 Å². The average molecular weight is 323 g/mol. The summed E-state index contributed by atoms with van der Waals surface area (Å²) in [6.45, 7) is 7.91. The highest BCUT2D eigenvalue weighted by Crippen LogP contribution is 2.17. The second kappa shape index (κ2) is 6.50. The molecule has 0 saturated carbocycles. The molecule has 2 aromatic rings. The molecule has 0 spiro atoms. The molecule has 0 bridgehead atoms. The zero-order valence-electron chi connectivity index (χ0n) is 13.2. The Labute approximate surface area is 131 Å². The molecule has 7 heteroatoms. The maximum Gasteiger partial charge on any atom is 0.240 e. The second-order valence-corrected chi connectivity index (χ2v) is 7.17. The molecule has 0 amide bonds. The lowest BCUT2D eigenvalue weighted by Crippen LogP contribution is -2.30. The van der Waals surface area contributed by atoms with Crippen LogP contribution in [0.4, 0.5) is 5.69 Å². The quantitative estimate of drug-likeness (QED) is 0.853. The SMILES string of the molecule is Cc1noc(C)c1CNc1ccc(S(=O)(=O)NC(C)C)cc1. The monoisotopic (exact) mass is 323 g/mol. The van der Waals surface area contributed by atoms with Gasteiger partial charge in [-0.25, -0.2) is 13.1 Å². The van der Waals surface area contributed by atoms with E-state index in [1.54, 1.807) is 38.1 Å². The Kier molecular flexibility index (Phi) is 4.87. The lowest BCUT2D eigenvalue weighted by molar-refractivity contribution is 0.392. The van der Waals surface area contributed by atoms with Gasteiger partial charge in [-0.15, -0.1) is 0 Å². The van der Waals surface area contributed by atoms with Gasteiger partial charge in [-0.05, 0) is 52.0 Å². The third kappa shape index (κ3) is 3.86. The topological polar surface area (TPSA) is 84.2 Å². The molecule has 0 radical (unpaired) electrons. The third-order valence-electron chi connectivity index (χ3n) is 3.21. The van der Waals surface area contributed by atoms with E-state index in [0.29, 0.717) is 6.54 Å². The van der Waals surface area contributed by atoms with Gasteiger partial charge in [-0.2, -0.15) is 0 Å². The summed E-state index contributed by atoms with van der Waals surface area (Å²) in [6, 6.07) is 6.52. The highest BCUT2D eigenvalue weighted by Gasteiger charge is 2.15. The summed E-state index contributed by atoms with van der Waals surface area (Å²) in [5.74, 6) is 0.783. The third-order valence-corrected chi connectivity index (χ3v) is 4.88. The molecule has 0 fully saturated rings. The van der Waals surface area contributed by atoms with Crippen molar-refractivity contribution < 1.29 is 12.9 Å². The molecule has 1 aromatic heterocycles. The highest BCUT2D eigenvalue weighted by atomic mass is 32.2. The van der Waals surface area contributed by atoms with Gasteiger partial charge in [0.05, 0.1) is 10.6 Å². The minimum Gasteiger partial charge on any atom is -0.381 e. The summed E-state index contributed by atoms with van der Waals surface area (Å²) in [6.07, 6.45) is 0. The molecular formula is C15H21N3O3S. The molecule has 2 N–H and O–H groups in total. The van der Waals surface area contributed by atoms with E-state index < -0.39 is 10.0 Å². The van der Waals surface area contributed by atoms with Crippen molar-refractivity contribution in [3.63, 3.8) is 0 Å². The number of sulfonamides is 1. The van der Waals surface area contributed by atoms with Gasteiger partial charge in [-0.3, -0.25) is 0 Å². The van der Waals surface area contributed by atoms with Crippen LogP contribution < -0.4 is 10.0 Å². The smallest absolute Gasteiger partial charge is 0.240 e. The first-order valence-corrected chi connectivity index (χ1v) is 8.56. The summed E-state index contributed by atoms with van der Waals surface area (Å²) in [4.78, 5) is 0.254. The Morgan fingerprint density at radius 2 is 1.82 bits per heavy atom. The molecule has 0 unspecified atom stereocenters. The van der Waals surface area contributed by atoms with Crippen molar-refractivity contribution in [2.45, 2.75) is 45.2 Å². The van der Waals surface area contributed by atoms with Crippen molar-refractivity contribution >= 4 is 15.7 Å². The lowest BCUT2D eigenvalue weighted by atomic mass is 10.2. The second-order valence-electron chi connectivity index (χ2n) is 5.46. The molecule has 2 rings (SSSR count). The fraction of sp³-hybridized carbons (Fsp3) is 0.400. The van der Waals surface area contributed by atoms with Crippen molar-refractivity contribution in [1.29, 1.82) is 0 Å². The molecule has 1 heterocycles. The molecule has 6 nitrogen and oxygen atoms in total. The predicted octanol–water partition coefficient (Wildman–Crippen LogP) is 2.59. The fourth-order valence-corrected chi connectivity index (χ4v) is 3.33. The zero-order valence-corrected chi connectivity index (χ0v) is 14.0. The molecule has 0 aliphatic heterocycles. The molecule has 0 aliphatic carbocycles. The van der Waals surface area contributed by atoms with Crippen LogP contribution in [0.3, 0.4) is 0 Å². The lowest BCUT2D eigenvalue weighted by Gasteiger charge is -2.11. The van der Waals surface area contributed by atoms with Crippen LogP contribution in [0, 0.1) is 13.8 Å². The summed E-state index contributed by atoms with van der Waals surface area (Å²) in [5, 5.41) is 7.13. The minimum atomic E-state index is -3.45. The number of anilines is 1. The Hall–Kier alpha value is -1.86. The molecule has 1 aromatic carbocycles. The van der Waals surface area contributed by atoms with Crippen LogP contribution in [-0.2, 0) is 16.6 Å². The number of aryl methyl sites for hydroxylation is 2. The van der Waals surface area contributed by atoms with Crippen molar-refractivity contribution in [2.24, 2.45) is 0 Å². The van der Waals surface area contributed by atoms with Gasteiger partial charge in [0.2, 0.25) is 10.0 Å². The van der Waals surface area contributed by atoms with E-state index in [4.69, 9.17) is 4.52 Å². The van der Waals surface area contributed by atoms with Crippen molar-refractivity contribution in [1.82, 2.24) is 9.88 Å². The average Bonchev–Trinajstić information content (AvgIpc) is 2.75. The van der Waals surface area contributed by atoms with E-state index in [9.17, 15) is 8.42 Å². The molecule has 0 aliphatic rings. The number of benzene rings is 1. The maximum absolute atomic E-state index is 12.0. The number of hydrogen-bond acceptors (Lipinski definition) is 5. The normalized spacial score (nSPS) is 11.9. The van der Waals surface area contributed by atoms with E-state index in [-0.39, 0.29) is 10.9 Å². The number of hydrogen-bond donors (Lipinski definition) is 2. The van der Waals surface area contributed by atoms with Gasteiger partial charge in [0.25, 0.3) is 0 Å². The summed E-state index contributed by atoms with van der Waals surface area (Å²) < 4.78 is 31.7. The molecule has 120 valence electrons. The van der Waals surface area contributed by atoms with Crippen LogP contribution in [0.1, 0.15) is 30.9 Å². The maximum atomic E-state index is 12.0. The Balaban J connectivity index is 2.07. The number of aromatic nitrogens is 1. The van der Waals surface area contributed by atoms with Gasteiger partial charge in [-0.1, -0.05) is 5.16 Å². The minimum absolute atomic E-state index is 0.137. The summed E-state index contributed by atoms with van der Waals surface area (Å²) in [7, 11) is -3.45. The Bertz CT molecular complexity index is 714. The van der Waals surface area contributed by atoms with E-state index in [2.05, 4.69) is 15.2 Å². The Morgan fingerprint density at radius 1 is 1.18 bits per heavy atom. The van der Waals surface area contributed by atoms with E-state index in [1.807, 2.05) is 13.8 Å². The van der Waals surface area contributed by atoms with E-state index in [0.717, 1.165) is 22.7 Å². The van der Waals surface area contributed by atoms with Gasteiger partial charge in [0.15, 0.2) is 0 Å². The zero-order chi connectivity index (χ0) is 16.3. The molecule has 22 heavy (non-hydrogen) atoms. The molecule has 0 saturated heterocycles. The standard InChI is InChI=1S/C15H21N3O3S/c1-10(2)18-22(19,20)14-7-5-13(6-8-14)16-9-15-11(3)17-21-12(15)4/h5-8,10,16,18H,9H2,1-4H3. The van der Waals surface area contributed by atoms with Gasteiger partial charge >= 0.3 is 0 Å². The van der Waals surface area contributed by atoms with Crippen LogP contribution >= 0.6 is 0 Å². The number of rotatable bonds is 6. The van der Waals surface area contributed by atoms with E-state index >= 15 is 0 Å². The van der Waals surface area contributed by atoms with Crippen LogP contribution in [0.2, 0.25) is 0 Å². The van der Waals surface area contributed by atoms with Crippen molar-refractivity contribution in [3.8, 4) is 0 Å². The summed E-state index contributed by atoms with van der Waals surface area (Å²) in [5.41, 5.74) is 2.70. The van der Waals surface area contributed by atoms with Crippen LogP contribution in [-0.4, -0.2) is 19.6 Å². The first-order chi connectivity index (χ1) is 10.3. The van der Waals surface area contributed by atoms with Crippen LogP contribution in [0.5, 0.6) is 0 Å². The van der Waals surface area contributed by atoms with Crippen molar-refractivity contribution in [2.75, 3.05) is 5.32 Å². The van der Waals surface area contributed by atoms with Gasteiger partial charge < -0.3 is 9.84 Å². The molecular weight excluding hydrogens is 302 g/mol. The van der Waals surface area contributed by atoms with Crippen LogP contribution in [0.15, 0.2) is 33.7 Å². The first kappa shape index (κ1) is 16.5. The predicted molar refractivity (Wildman–Crippen MR) is 85.2 cm³/mol. The molecule has 0 atom stereocenters. The highest BCUT2D eigenvalue weighted by molar-refractivity contribution is 7.89. The Morgan fingerprint density at radius 3 is 2.32 bits per heavy atom. The van der Waals surface area contributed by atoms with Crippen LogP contribution in [0.25, 0.3) is 0 Å². The summed E-state index contributed by atoms with van der Waals surface area (Å²) >= 11 is 0. The number of nitrogens with zero attached hydrogens (tertiary/aromatic N) is 1. The largest absolute Gasteiger partial charge is 0.381 e. The van der Waals surface area contributed by atoms with Gasteiger partial charge in [0, 0.05) is 23.8 Å². The van der Waals surface area contributed by atoms with E-state index in [1.165, 1.54) is 0 Å².